The summed E-state index contributed by atoms with van der Waals surface area (Å²) in [7, 11) is 0. The molecule has 0 aliphatic rings. The molecule has 0 aliphatic heterocycles. The molecule has 0 bridgehead atoms. The normalized spacial score (nSPS) is 11.2. The molecule has 0 fully saturated rings. The molecule has 2 aromatic carbocycles. The van der Waals surface area contributed by atoms with Crippen LogP contribution in [0.2, 0.25) is 0 Å². The van der Waals surface area contributed by atoms with Gasteiger partial charge in [-0.05, 0) is 80.9 Å². The van der Waals surface area contributed by atoms with Gasteiger partial charge < -0.3 is 19.4 Å². The van der Waals surface area contributed by atoms with Crippen molar-refractivity contribution in [2.75, 3.05) is 31.6 Å². The monoisotopic (exact) mass is 464 g/mol. The van der Waals surface area contributed by atoms with Crippen molar-refractivity contribution in [2.24, 2.45) is 0 Å². The summed E-state index contributed by atoms with van der Waals surface area (Å²) in [5.41, 5.74) is 1.81. The summed E-state index contributed by atoms with van der Waals surface area (Å²) in [6.45, 7) is 9.93. The maximum Gasteiger partial charge on any atom is 0.228 e. The van der Waals surface area contributed by atoms with E-state index in [9.17, 15) is 9.59 Å². The van der Waals surface area contributed by atoms with Crippen LogP contribution < -0.4 is 10.1 Å². The molecule has 0 radical (unpaired) electrons. The first-order valence-corrected chi connectivity index (χ1v) is 12.3. The highest BCUT2D eigenvalue weighted by Crippen LogP contribution is 2.25. The molecule has 1 N–H and O–H groups in total. The first-order valence-electron chi connectivity index (χ1n) is 12.3. The van der Waals surface area contributed by atoms with Gasteiger partial charge in [0.1, 0.15) is 11.3 Å². The van der Waals surface area contributed by atoms with Crippen molar-refractivity contribution in [3.8, 4) is 5.75 Å². The number of ketones is 1. The molecule has 1 amide bonds. The van der Waals surface area contributed by atoms with Crippen molar-refractivity contribution in [3.05, 3.63) is 59.9 Å². The van der Waals surface area contributed by atoms with Gasteiger partial charge in [-0.1, -0.05) is 26.7 Å². The fourth-order valence-electron chi connectivity index (χ4n) is 3.86. The van der Waals surface area contributed by atoms with Crippen molar-refractivity contribution in [1.29, 1.82) is 0 Å². The van der Waals surface area contributed by atoms with Crippen LogP contribution in [0.25, 0.3) is 11.0 Å². The molecule has 0 aliphatic carbocycles. The van der Waals surface area contributed by atoms with Crippen molar-refractivity contribution < 1.29 is 18.7 Å². The lowest BCUT2D eigenvalue weighted by atomic mass is 10.1. The van der Waals surface area contributed by atoms with E-state index in [4.69, 9.17) is 9.15 Å². The number of ether oxygens (including phenoxy) is 1. The van der Waals surface area contributed by atoms with Crippen LogP contribution in [0.4, 0.5) is 5.69 Å². The molecule has 6 heteroatoms. The van der Waals surface area contributed by atoms with E-state index in [2.05, 4.69) is 24.1 Å². The predicted octanol–water partition coefficient (Wildman–Crippen LogP) is 6.29. The SMILES string of the molecule is CCCCN(CCCC)CCCOc1ccc(C(=O)c2cc3cc(NC(C)=O)ccc3o2)cc1. The first kappa shape index (κ1) is 25.5. The summed E-state index contributed by atoms with van der Waals surface area (Å²) in [5.74, 6) is 0.691. The molecule has 6 nitrogen and oxygen atoms in total. The Bertz CT molecular complexity index is 1060. The Morgan fingerprint density at radius 1 is 0.912 bits per heavy atom. The fraction of sp³-hybridized carbons (Fsp3) is 0.429. The van der Waals surface area contributed by atoms with E-state index in [0.717, 1.165) is 37.2 Å². The third-order valence-corrected chi connectivity index (χ3v) is 5.72. The molecular weight excluding hydrogens is 428 g/mol. The smallest absolute Gasteiger partial charge is 0.228 e. The Balaban J connectivity index is 1.53. The number of nitrogens with one attached hydrogen (secondary N) is 1. The summed E-state index contributed by atoms with van der Waals surface area (Å²) in [5, 5.41) is 3.50. The fourth-order valence-corrected chi connectivity index (χ4v) is 3.86. The van der Waals surface area contributed by atoms with Gasteiger partial charge in [0.2, 0.25) is 11.7 Å². The Morgan fingerprint density at radius 2 is 1.59 bits per heavy atom. The molecule has 0 saturated carbocycles. The molecule has 1 heterocycles. The molecule has 0 unspecified atom stereocenters. The Kier molecular flexibility index (Phi) is 9.71. The van der Waals surface area contributed by atoms with Crippen LogP contribution in [0.15, 0.2) is 52.9 Å². The highest BCUT2D eigenvalue weighted by molar-refractivity contribution is 6.09. The molecule has 3 aromatic rings. The number of carbonyl (C=O) groups excluding carboxylic acids is 2. The van der Waals surface area contributed by atoms with E-state index in [1.807, 2.05) is 12.1 Å². The number of hydrogen-bond acceptors (Lipinski definition) is 5. The third kappa shape index (κ3) is 7.45. The van der Waals surface area contributed by atoms with Gasteiger partial charge in [-0.2, -0.15) is 0 Å². The summed E-state index contributed by atoms with van der Waals surface area (Å²) in [6.07, 6.45) is 5.89. The summed E-state index contributed by atoms with van der Waals surface area (Å²) < 4.78 is 11.6. The second-order valence-corrected chi connectivity index (χ2v) is 8.65. The van der Waals surface area contributed by atoms with Crippen molar-refractivity contribution in [1.82, 2.24) is 4.90 Å². The number of hydrogen-bond donors (Lipinski definition) is 1. The Hall–Kier alpha value is -3.12. The first-order chi connectivity index (χ1) is 16.5. The van der Waals surface area contributed by atoms with Crippen molar-refractivity contribution >= 4 is 28.3 Å². The number of nitrogens with zero attached hydrogens (tertiary/aromatic N) is 1. The lowest BCUT2D eigenvalue weighted by Gasteiger charge is -2.21. The number of furan rings is 1. The van der Waals surface area contributed by atoms with E-state index in [1.54, 1.807) is 36.4 Å². The second kappa shape index (κ2) is 12.9. The number of unbranched alkanes of at least 4 members (excludes halogenated alkanes) is 2. The Labute approximate surface area is 202 Å². The van der Waals surface area contributed by atoms with Crippen LogP contribution in [0.3, 0.4) is 0 Å². The third-order valence-electron chi connectivity index (χ3n) is 5.72. The minimum Gasteiger partial charge on any atom is -0.494 e. The van der Waals surface area contributed by atoms with Gasteiger partial charge in [-0.25, -0.2) is 0 Å². The number of amides is 1. The number of fused-ring (bicyclic) bond motifs is 1. The highest BCUT2D eigenvalue weighted by Gasteiger charge is 2.15. The van der Waals surface area contributed by atoms with Crippen molar-refractivity contribution in [2.45, 2.75) is 52.9 Å². The van der Waals surface area contributed by atoms with Gasteiger partial charge in [0.25, 0.3) is 0 Å². The molecule has 0 spiro atoms. The zero-order valence-corrected chi connectivity index (χ0v) is 20.6. The molecule has 1 aromatic heterocycles. The van der Waals surface area contributed by atoms with E-state index in [-0.39, 0.29) is 17.5 Å². The largest absolute Gasteiger partial charge is 0.494 e. The number of rotatable bonds is 14. The van der Waals surface area contributed by atoms with Gasteiger partial charge in [-0.3, -0.25) is 9.59 Å². The minimum atomic E-state index is -0.189. The van der Waals surface area contributed by atoms with Crippen LogP contribution in [0.5, 0.6) is 5.75 Å². The van der Waals surface area contributed by atoms with E-state index in [1.165, 1.54) is 32.6 Å². The van der Waals surface area contributed by atoms with Gasteiger partial charge >= 0.3 is 0 Å². The summed E-state index contributed by atoms with van der Waals surface area (Å²) >= 11 is 0. The molecule has 0 saturated heterocycles. The Morgan fingerprint density at radius 3 is 2.24 bits per heavy atom. The molecule has 3 rings (SSSR count). The standard InChI is InChI=1S/C28H36N2O4/c1-4-6-15-30(16-7-5-2)17-8-18-33-25-12-9-22(10-13-25)28(32)27-20-23-19-24(29-21(3)31)11-14-26(23)34-27/h9-14,19-20H,4-8,15-18H2,1-3H3,(H,29,31). The van der Waals surface area contributed by atoms with Crippen LogP contribution in [0.1, 0.15) is 69.0 Å². The maximum absolute atomic E-state index is 12.9. The zero-order valence-electron chi connectivity index (χ0n) is 20.6. The molecule has 182 valence electrons. The van der Waals surface area contributed by atoms with E-state index >= 15 is 0 Å². The van der Waals surface area contributed by atoms with Crippen LogP contribution in [0, 0.1) is 0 Å². The quantitative estimate of drug-likeness (QED) is 0.224. The van der Waals surface area contributed by atoms with Crippen LogP contribution in [-0.4, -0.2) is 42.8 Å². The lowest BCUT2D eigenvalue weighted by Crippen LogP contribution is -2.28. The topological polar surface area (TPSA) is 71.8 Å². The molecule has 34 heavy (non-hydrogen) atoms. The lowest BCUT2D eigenvalue weighted by molar-refractivity contribution is -0.114. The number of carbonyl (C=O) groups is 2. The summed E-state index contributed by atoms with van der Waals surface area (Å²) in [6, 6.07) is 14.2. The van der Waals surface area contributed by atoms with Gasteiger partial charge in [0, 0.05) is 30.1 Å². The van der Waals surface area contributed by atoms with Gasteiger partial charge in [0.05, 0.1) is 6.61 Å². The number of anilines is 1. The van der Waals surface area contributed by atoms with E-state index in [0.29, 0.717) is 23.4 Å². The summed E-state index contributed by atoms with van der Waals surface area (Å²) in [4.78, 5) is 26.7. The number of benzene rings is 2. The average molecular weight is 465 g/mol. The molecular formula is C28H36N2O4. The zero-order chi connectivity index (χ0) is 24.3. The van der Waals surface area contributed by atoms with Gasteiger partial charge in [0.15, 0.2) is 5.76 Å². The predicted molar refractivity (Wildman–Crippen MR) is 137 cm³/mol. The maximum atomic E-state index is 12.9. The van der Waals surface area contributed by atoms with Crippen LogP contribution in [-0.2, 0) is 4.79 Å². The molecule has 0 atom stereocenters. The second-order valence-electron chi connectivity index (χ2n) is 8.65. The van der Waals surface area contributed by atoms with Gasteiger partial charge in [-0.15, -0.1) is 0 Å². The highest BCUT2D eigenvalue weighted by atomic mass is 16.5. The van der Waals surface area contributed by atoms with E-state index < -0.39 is 0 Å². The van der Waals surface area contributed by atoms with Crippen molar-refractivity contribution in [3.63, 3.8) is 0 Å². The minimum absolute atomic E-state index is 0.147. The van der Waals surface area contributed by atoms with Crippen LogP contribution >= 0.6 is 0 Å². The average Bonchev–Trinajstić information content (AvgIpc) is 3.26.